The van der Waals surface area contributed by atoms with Gasteiger partial charge >= 0.3 is 0 Å². The molecule has 0 saturated carbocycles. The summed E-state index contributed by atoms with van der Waals surface area (Å²) in [5.74, 6) is 1.78. The molecule has 0 fully saturated rings. The molecule has 130 valence electrons. The molecule has 2 rings (SSSR count). The molecule has 7 nitrogen and oxygen atoms in total. The molecule has 2 N–H and O–H groups in total. The van der Waals surface area contributed by atoms with E-state index in [9.17, 15) is 4.79 Å². The first kappa shape index (κ1) is 18.0. The van der Waals surface area contributed by atoms with E-state index in [0.717, 1.165) is 24.2 Å². The highest BCUT2D eigenvalue weighted by atomic mass is 32.1. The summed E-state index contributed by atoms with van der Waals surface area (Å²) in [6.07, 6.45) is 1.69. The molecule has 0 aliphatic heterocycles. The summed E-state index contributed by atoms with van der Waals surface area (Å²) in [5.41, 5.74) is 1.55. The predicted molar refractivity (Wildman–Crippen MR) is 94.3 cm³/mol. The number of anilines is 1. The van der Waals surface area contributed by atoms with E-state index < -0.39 is 0 Å². The summed E-state index contributed by atoms with van der Waals surface area (Å²) in [6.45, 7) is 4.05. The quantitative estimate of drug-likeness (QED) is 0.751. The number of amides is 1. The number of hydrogen-bond acceptors (Lipinski definition) is 5. The van der Waals surface area contributed by atoms with Crippen LogP contribution >= 0.6 is 12.2 Å². The lowest BCUT2D eigenvalue weighted by Gasteiger charge is -2.14. The van der Waals surface area contributed by atoms with E-state index in [1.54, 1.807) is 24.9 Å². The second-order valence-corrected chi connectivity index (χ2v) is 5.74. The average molecular weight is 350 g/mol. The third-order valence-corrected chi connectivity index (χ3v) is 3.93. The zero-order chi connectivity index (χ0) is 17.7. The number of benzene rings is 1. The first-order valence-corrected chi connectivity index (χ1v) is 8.07. The summed E-state index contributed by atoms with van der Waals surface area (Å²) in [6, 6.07) is 3.56. The van der Waals surface area contributed by atoms with Gasteiger partial charge in [0.2, 0.25) is 5.91 Å². The zero-order valence-corrected chi connectivity index (χ0v) is 15.1. The Hall–Kier alpha value is -2.35. The fourth-order valence-electron chi connectivity index (χ4n) is 2.38. The van der Waals surface area contributed by atoms with Crippen LogP contribution in [0.5, 0.6) is 11.5 Å². The Labute approximate surface area is 146 Å². The number of hydrogen-bond donors (Lipinski definition) is 2. The lowest BCUT2D eigenvalue weighted by Crippen LogP contribution is -2.21. The molecule has 1 aromatic heterocycles. The molecule has 1 amide bonds. The number of ether oxygens (including phenoxy) is 2. The zero-order valence-electron chi connectivity index (χ0n) is 14.3. The van der Waals surface area contributed by atoms with Gasteiger partial charge in [-0.05, 0) is 37.2 Å². The van der Waals surface area contributed by atoms with Crippen molar-refractivity contribution >= 4 is 23.8 Å². The Morgan fingerprint density at radius 1 is 1.33 bits per heavy atom. The van der Waals surface area contributed by atoms with Gasteiger partial charge < -0.3 is 14.8 Å². The molecule has 24 heavy (non-hydrogen) atoms. The van der Waals surface area contributed by atoms with Gasteiger partial charge in [-0.25, -0.2) is 0 Å². The minimum absolute atomic E-state index is 0.110. The Morgan fingerprint density at radius 2 is 2.00 bits per heavy atom. The Morgan fingerprint density at radius 3 is 2.62 bits per heavy atom. The normalized spacial score (nSPS) is 10.5. The molecule has 0 aliphatic carbocycles. The predicted octanol–water partition coefficient (Wildman–Crippen LogP) is 2.86. The third-order valence-electron chi connectivity index (χ3n) is 3.62. The standard InChI is InChI=1S/C16H22N4O3S/c1-5-6-14-18-19-16(24)20(14)9-15(21)17-11-8-13(23-4)12(22-3)7-10(11)2/h7-8H,5-6,9H2,1-4H3,(H,17,21)(H,19,24). The molecule has 1 aromatic carbocycles. The molecule has 0 saturated heterocycles. The van der Waals surface area contributed by atoms with Crippen molar-refractivity contribution in [1.29, 1.82) is 0 Å². The molecule has 0 bridgehead atoms. The number of rotatable bonds is 7. The van der Waals surface area contributed by atoms with E-state index in [0.29, 0.717) is 22.0 Å². The van der Waals surface area contributed by atoms with E-state index in [1.807, 2.05) is 13.0 Å². The fraction of sp³-hybridized carbons (Fsp3) is 0.438. The highest BCUT2D eigenvalue weighted by Gasteiger charge is 2.13. The molecule has 2 aromatic rings. The Balaban J connectivity index is 2.19. The van der Waals surface area contributed by atoms with Gasteiger partial charge in [0, 0.05) is 18.2 Å². The summed E-state index contributed by atoms with van der Waals surface area (Å²) < 4.78 is 12.7. The van der Waals surface area contributed by atoms with Gasteiger partial charge in [-0.2, -0.15) is 5.10 Å². The van der Waals surface area contributed by atoms with Gasteiger partial charge in [0.25, 0.3) is 0 Å². The van der Waals surface area contributed by atoms with E-state index >= 15 is 0 Å². The van der Waals surface area contributed by atoms with Gasteiger partial charge in [-0.3, -0.25) is 14.5 Å². The van der Waals surface area contributed by atoms with Crippen LogP contribution < -0.4 is 14.8 Å². The maximum atomic E-state index is 12.4. The molecule has 1 heterocycles. The highest BCUT2D eigenvalue weighted by molar-refractivity contribution is 7.71. The van der Waals surface area contributed by atoms with Crippen LogP contribution in [0.1, 0.15) is 24.7 Å². The minimum Gasteiger partial charge on any atom is -0.493 e. The largest absolute Gasteiger partial charge is 0.493 e. The SMILES string of the molecule is CCCc1n[nH]c(=S)n1CC(=O)Nc1cc(OC)c(OC)cc1C. The number of aromatic nitrogens is 3. The van der Waals surface area contributed by atoms with Crippen LogP contribution in [0, 0.1) is 11.7 Å². The molecular weight excluding hydrogens is 328 g/mol. The summed E-state index contributed by atoms with van der Waals surface area (Å²) >= 11 is 5.20. The summed E-state index contributed by atoms with van der Waals surface area (Å²) in [4.78, 5) is 12.4. The Kier molecular flexibility index (Phi) is 5.97. The second kappa shape index (κ2) is 7.96. The number of H-pyrrole nitrogens is 1. The summed E-state index contributed by atoms with van der Waals surface area (Å²) in [5, 5.41) is 9.79. The van der Waals surface area contributed by atoms with Crippen molar-refractivity contribution in [3.05, 3.63) is 28.3 Å². The monoisotopic (exact) mass is 350 g/mol. The number of carbonyl (C=O) groups is 1. The second-order valence-electron chi connectivity index (χ2n) is 5.35. The van der Waals surface area contributed by atoms with Crippen molar-refractivity contribution in [1.82, 2.24) is 14.8 Å². The topological polar surface area (TPSA) is 81.2 Å². The van der Waals surface area contributed by atoms with Crippen molar-refractivity contribution in [2.75, 3.05) is 19.5 Å². The van der Waals surface area contributed by atoms with Crippen LogP contribution in [-0.2, 0) is 17.8 Å². The van der Waals surface area contributed by atoms with Crippen molar-refractivity contribution in [2.24, 2.45) is 0 Å². The van der Waals surface area contributed by atoms with Crippen molar-refractivity contribution < 1.29 is 14.3 Å². The first-order valence-electron chi connectivity index (χ1n) is 7.66. The first-order chi connectivity index (χ1) is 11.5. The number of nitrogens with one attached hydrogen (secondary N) is 2. The van der Waals surface area contributed by atoms with Gasteiger partial charge in [0.1, 0.15) is 12.4 Å². The lowest BCUT2D eigenvalue weighted by molar-refractivity contribution is -0.116. The number of methoxy groups -OCH3 is 2. The smallest absolute Gasteiger partial charge is 0.244 e. The fourth-order valence-corrected chi connectivity index (χ4v) is 2.59. The molecule has 0 spiro atoms. The van der Waals surface area contributed by atoms with Crippen LogP contribution in [0.4, 0.5) is 5.69 Å². The van der Waals surface area contributed by atoms with E-state index in [1.165, 1.54) is 0 Å². The summed E-state index contributed by atoms with van der Waals surface area (Å²) in [7, 11) is 3.13. The van der Waals surface area contributed by atoms with Crippen LogP contribution in [0.3, 0.4) is 0 Å². The lowest BCUT2D eigenvalue weighted by atomic mass is 10.1. The molecule has 0 aliphatic rings. The van der Waals surface area contributed by atoms with Crippen LogP contribution in [0.15, 0.2) is 12.1 Å². The van der Waals surface area contributed by atoms with Crippen molar-refractivity contribution in [2.45, 2.75) is 33.2 Å². The van der Waals surface area contributed by atoms with Gasteiger partial charge in [-0.1, -0.05) is 6.92 Å². The van der Waals surface area contributed by atoms with Crippen LogP contribution in [-0.4, -0.2) is 34.9 Å². The number of nitrogens with zero attached hydrogens (tertiary/aromatic N) is 2. The maximum Gasteiger partial charge on any atom is 0.244 e. The molecule has 0 atom stereocenters. The van der Waals surface area contributed by atoms with Gasteiger partial charge in [-0.15, -0.1) is 0 Å². The number of aryl methyl sites for hydroxylation is 2. The van der Waals surface area contributed by atoms with E-state index in [-0.39, 0.29) is 12.5 Å². The molecule has 0 unspecified atom stereocenters. The van der Waals surface area contributed by atoms with Crippen molar-refractivity contribution in [3.8, 4) is 11.5 Å². The molecule has 0 radical (unpaired) electrons. The van der Waals surface area contributed by atoms with Crippen molar-refractivity contribution in [3.63, 3.8) is 0 Å². The van der Waals surface area contributed by atoms with Gasteiger partial charge in [0.15, 0.2) is 16.3 Å². The Bertz CT molecular complexity index is 782. The van der Waals surface area contributed by atoms with E-state index in [2.05, 4.69) is 22.4 Å². The molecule has 8 heteroatoms. The molecular formula is C16H22N4O3S. The number of aromatic amines is 1. The van der Waals surface area contributed by atoms with Gasteiger partial charge in [0.05, 0.1) is 14.2 Å². The highest BCUT2D eigenvalue weighted by Crippen LogP contribution is 2.32. The number of carbonyl (C=O) groups excluding carboxylic acids is 1. The average Bonchev–Trinajstić information content (AvgIpc) is 2.90. The van der Waals surface area contributed by atoms with E-state index in [4.69, 9.17) is 21.7 Å². The maximum absolute atomic E-state index is 12.4. The third kappa shape index (κ3) is 3.94. The van der Waals surface area contributed by atoms with Crippen LogP contribution in [0.2, 0.25) is 0 Å². The van der Waals surface area contributed by atoms with Crippen LogP contribution in [0.25, 0.3) is 0 Å². The minimum atomic E-state index is -0.180.